The molecule has 0 radical (unpaired) electrons. The van der Waals surface area contributed by atoms with Crippen molar-refractivity contribution in [3.05, 3.63) is 125 Å². The zero-order valence-corrected chi connectivity index (χ0v) is 53.0. The molecule has 4 unspecified atom stereocenters. The van der Waals surface area contributed by atoms with Crippen LogP contribution < -0.4 is 73.8 Å². The van der Waals surface area contributed by atoms with E-state index in [1.807, 2.05) is 30.3 Å². The van der Waals surface area contributed by atoms with Crippen LogP contribution in [-0.4, -0.2) is 142 Å². The summed E-state index contributed by atoms with van der Waals surface area (Å²) in [6, 6.07) is 22.9. The number of allylic oxidation sites excluding steroid dienone is 1. The molecule has 2 bridgehead atoms. The SMILES string of the molecule is COc1ccc2c3c1O[C@H]1C(OC(=O)N4CCC(C(=O)NCCCC[C@H](NC(=O)OCc5ccccc5)C(=O)NCCOc5ccc(C(=O)Oc6cccc(N=C(N)N)c6)cc5)CC4CNC(=O)[C@@H](CCCN=C(N)N)NC(=O)CNC(C)=O)=CC[C@H]4[C@@H]5C(C)C5(C2)C[C@]314. The van der Waals surface area contributed by atoms with Gasteiger partial charge >= 0.3 is 18.2 Å². The fourth-order valence-electron chi connectivity index (χ4n) is 14.6. The van der Waals surface area contributed by atoms with Crippen LogP contribution >= 0.6 is 0 Å². The fourth-order valence-corrected chi connectivity index (χ4v) is 14.6. The van der Waals surface area contributed by atoms with Gasteiger partial charge in [0.25, 0.3) is 0 Å². The first-order valence-corrected chi connectivity index (χ1v) is 31.9. The fraction of sp³-hybridized carbons (Fsp3) is 0.463. The monoisotopic (exact) mass is 1290 g/mol. The Morgan fingerprint density at radius 2 is 1.56 bits per heavy atom. The molecule has 1 saturated heterocycles. The maximum atomic E-state index is 14.8. The van der Waals surface area contributed by atoms with Gasteiger partial charge in [0.2, 0.25) is 29.5 Å². The molecule has 10 atom stereocenters. The molecule has 4 aromatic rings. The van der Waals surface area contributed by atoms with Gasteiger partial charge in [0.15, 0.2) is 29.5 Å². The Kier molecular flexibility index (Phi) is 21.1. The van der Waals surface area contributed by atoms with Crippen molar-refractivity contribution in [1.29, 1.82) is 0 Å². The summed E-state index contributed by atoms with van der Waals surface area (Å²) in [4.78, 5) is 117. The smallest absolute Gasteiger partial charge is 0.415 e. The first-order chi connectivity index (χ1) is 45.3. The Hall–Kier alpha value is -10.1. The molecule has 14 N–H and O–H groups in total. The molecule has 3 fully saturated rings. The van der Waals surface area contributed by atoms with Crippen molar-refractivity contribution in [2.75, 3.05) is 53.0 Å². The van der Waals surface area contributed by atoms with Gasteiger partial charge in [-0.2, -0.15) is 0 Å². The van der Waals surface area contributed by atoms with E-state index in [1.54, 1.807) is 49.6 Å². The number of fused-ring (bicyclic) bond motifs is 1. The molecule has 27 nitrogen and oxygen atoms in total. The van der Waals surface area contributed by atoms with Crippen LogP contribution in [0.1, 0.15) is 98.7 Å². The van der Waals surface area contributed by atoms with Gasteiger partial charge in [-0.1, -0.05) is 49.4 Å². The highest BCUT2D eigenvalue weighted by Crippen LogP contribution is 2.83. The minimum absolute atomic E-state index is 0.0280. The Bertz CT molecular complexity index is 3580. The number of nitrogens with two attached hydrogens (primary N) is 4. The minimum Gasteiger partial charge on any atom is -0.493 e. The van der Waals surface area contributed by atoms with Gasteiger partial charge in [-0.05, 0) is 147 Å². The maximum absolute atomic E-state index is 14.8. The van der Waals surface area contributed by atoms with E-state index >= 15 is 0 Å². The first kappa shape index (κ1) is 66.8. The minimum atomic E-state index is -1.08. The lowest BCUT2D eigenvalue weighted by Gasteiger charge is -2.45. The second-order valence-corrected chi connectivity index (χ2v) is 24.8. The number of methoxy groups -OCH3 is 1. The molecule has 94 heavy (non-hydrogen) atoms. The van der Waals surface area contributed by atoms with Gasteiger partial charge in [0.05, 0.1) is 37.5 Å². The number of unbranched alkanes of at least 4 members (excludes halogenated alkanes) is 1. The molecule has 4 aromatic carbocycles. The predicted octanol–water partition coefficient (Wildman–Crippen LogP) is 3.72. The molecule has 2 spiro atoms. The van der Waals surface area contributed by atoms with E-state index < -0.39 is 71.9 Å². The van der Waals surface area contributed by atoms with Gasteiger partial charge in [-0.25, -0.2) is 19.4 Å². The Morgan fingerprint density at radius 3 is 2.32 bits per heavy atom. The average molecular weight is 1290 g/mol. The lowest BCUT2D eigenvalue weighted by Crippen LogP contribution is -2.56. The Balaban J connectivity index is 0.758. The number of hydrogen-bond acceptors (Lipinski definition) is 16. The zero-order chi connectivity index (χ0) is 66.7. The number of aliphatic imine (C=N–C) groups is 2. The molecule has 7 amide bonds. The van der Waals surface area contributed by atoms with Crippen molar-refractivity contribution in [3.63, 3.8) is 0 Å². The number of nitrogens with one attached hydrogen (secondary N) is 6. The van der Waals surface area contributed by atoms with Gasteiger partial charge in [0, 0.05) is 56.1 Å². The topological polar surface area (TPSA) is 396 Å². The summed E-state index contributed by atoms with van der Waals surface area (Å²) in [7, 11) is 1.62. The summed E-state index contributed by atoms with van der Waals surface area (Å²) in [6.07, 6.45) is 4.37. The van der Waals surface area contributed by atoms with Crippen LogP contribution in [0, 0.1) is 29.1 Å². The lowest BCUT2D eigenvalue weighted by atomic mass is 9.58. The van der Waals surface area contributed by atoms with Gasteiger partial charge < -0.3 is 88.2 Å². The van der Waals surface area contributed by atoms with Gasteiger partial charge in [-0.15, -0.1) is 0 Å². The van der Waals surface area contributed by atoms with E-state index in [4.69, 9.17) is 51.4 Å². The second-order valence-electron chi connectivity index (χ2n) is 24.8. The molecule has 2 aliphatic heterocycles. The summed E-state index contributed by atoms with van der Waals surface area (Å²) >= 11 is 0. The highest BCUT2D eigenvalue weighted by Gasteiger charge is 2.81. The van der Waals surface area contributed by atoms with Crippen molar-refractivity contribution >= 4 is 65.3 Å². The van der Waals surface area contributed by atoms with E-state index in [1.165, 1.54) is 35.6 Å². The number of likely N-dealkylation sites (tertiary alicyclic amines) is 1. The molecule has 2 heterocycles. The number of benzene rings is 4. The highest BCUT2D eigenvalue weighted by molar-refractivity contribution is 5.92. The van der Waals surface area contributed by atoms with E-state index in [0.717, 1.165) is 24.0 Å². The summed E-state index contributed by atoms with van der Waals surface area (Å²) < 4.78 is 36.0. The number of piperidine rings is 1. The third-order valence-electron chi connectivity index (χ3n) is 18.9. The zero-order valence-electron chi connectivity index (χ0n) is 53.0. The van der Waals surface area contributed by atoms with E-state index in [0.29, 0.717) is 72.1 Å². The van der Waals surface area contributed by atoms with Crippen LogP contribution in [0.3, 0.4) is 0 Å². The molecule has 4 aliphatic carbocycles. The van der Waals surface area contributed by atoms with Crippen LogP contribution in [0.25, 0.3) is 0 Å². The summed E-state index contributed by atoms with van der Waals surface area (Å²) in [6.45, 7) is 3.67. The van der Waals surface area contributed by atoms with Crippen molar-refractivity contribution < 1.29 is 66.8 Å². The van der Waals surface area contributed by atoms with Crippen molar-refractivity contribution in [3.8, 4) is 23.0 Å². The lowest BCUT2D eigenvalue weighted by molar-refractivity contribution is -0.130. The predicted molar refractivity (Wildman–Crippen MR) is 344 cm³/mol. The molecule has 10 rings (SSSR count). The maximum Gasteiger partial charge on any atom is 0.415 e. The number of guanidine groups is 2. The number of carbonyl (C=O) groups is 8. The number of hydrogen-bond donors (Lipinski definition) is 10. The molecule has 0 aromatic heterocycles. The van der Waals surface area contributed by atoms with E-state index in [9.17, 15) is 38.4 Å². The Labute approximate surface area is 544 Å². The third kappa shape index (κ3) is 15.4. The van der Waals surface area contributed by atoms with E-state index in [-0.39, 0.29) is 118 Å². The van der Waals surface area contributed by atoms with Crippen LogP contribution in [0.4, 0.5) is 15.3 Å². The third-order valence-corrected chi connectivity index (χ3v) is 18.9. The number of carbonyl (C=O) groups excluding carboxylic acids is 8. The molecular formula is C67H83N13O14. The van der Waals surface area contributed by atoms with E-state index in [2.05, 4.69) is 54.9 Å². The summed E-state index contributed by atoms with van der Waals surface area (Å²) in [5.41, 5.74) is 25.6. The van der Waals surface area contributed by atoms with Crippen LogP contribution in [0.15, 0.2) is 113 Å². The van der Waals surface area contributed by atoms with Crippen molar-refractivity contribution in [2.24, 2.45) is 62.0 Å². The van der Waals surface area contributed by atoms with Gasteiger partial charge in [0.1, 0.15) is 42.6 Å². The number of nitrogens with zero attached hydrogens (tertiary/aromatic N) is 3. The first-order valence-electron chi connectivity index (χ1n) is 31.9. The largest absolute Gasteiger partial charge is 0.493 e. The summed E-state index contributed by atoms with van der Waals surface area (Å²) in [5.74, 6) is -0.121. The van der Waals surface area contributed by atoms with Crippen molar-refractivity contribution in [2.45, 2.75) is 114 Å². The normalized spacial score (nSPS) is 22.7. The molecular weight excluding hydrogens is 1210 g/mol. The average Bonchev–Trinajstić information content (AvgIpc) is 1.46. The highest BCUT2D eigenvalue weighted by atomic mass is 16.6. The second kappa shape index (κ2) is 29.7. The number of alkyl carbamates (subject to hydrolysis) is 1. The number of rotatable bonds is 29. The van der Waals surface area contributed by atoms with Crippen LogP contribution in [0.2, 0.25) is 0 Å². The van der Waals surface area contributed by atoms with Crippen LogP contribution in [0.5, 0.6) is 23.0 Å². The quantitative estimate of drug-likeness (QED) is 0.0122. The number of ether oxygens (including phenoxy) is 6. The molecule has 27 heteroatoms. The van der Waals surface area contributed by atoms with Crippen LogP contribution in [-0.2, 0) is 51.9 Å². The molecule has 500 valence electrons. The standard InChI is InChI=1S/C67H83N13O14/c1-38-54-48-22-24-52(57-67(48)37-66(38,54)33-43-19-23-51(89-3)56(94-57)55(43)67)93-65(88)80-29-25-42(31-45(80)34-76-60(85)49(16-10-27-74-62(68)69)78-53(82)35-75-39(2)81)58(83)72-26-8-7-15-50(79-64(87)91-36-40-11-5-4-6-12-40)59(84)73-28-30-90-46-20-17-41(18-21-46)61(86)92-47-14-9-13-44(32-47)77-63(70)71/h4-6,9,11-14,17-21,23-24,32,38,42,45,48-50,54,57H,7-8,10,15-16,22,25-31,33-37H2,1-3H3,(H,72,83)(H,73,84)(H,75,81)(H,76,85)(H,78,82)(H,79,87)(H4,68,69,74)(H4,70,71,77)/t38?,42?,45?,48-,49+,50-,54-,57-,66?,67-/m0/s1. The Morgan fingerprint density at radius 1 is 0.798 bits per heavy atom. The molecule has 2 saturated carbocycles. The van der Waals surface area contributed by atoms with Gasteiger partial charge in [-0.3, -0.25) is 29.0 Å². The number of esters is 1. The molecule has 6 aliphatic rings. The summed E-state index contributed by atoms with van der Waals surface area (Å²) in [5, 5.41) is 16.6. The van der Waals surface area contributed by atoms with Crippen molar-refractivity contribution in [1.82, 2.24) is 36.8 Å². The number of amides is 7.